The van der Waals surface area contributed by atoms with Crippen LogP contribution in [0, 0.1) is 10.7 Å². The Morgan fingerprint density at radius 3 is 2.70 bits per heavy atom. The Balaban J connectivity index is 3.70. The Morgan fingerprint density at radius 2 is 2.40 bits per heavy atom. The van der Waals surface area contributed by atoms with Gasteiger partial charge in [-0.05, 0) is 6.42 Å². The fourth-order valence-corrected chi connectivity index (χ4v) is 1.60. The van der Waals surface area contributed by atoms with Crippen molar-refractivity contribution < 1.29 is 4.21 Å². The molecule has 0 aromatic rings. The smallest absolute Gasteiger partial charge is 0.0341 e. The first kappa shape index (κ1) is 9.69. The molecule has 0 aromatic carbocycles. The Hall–Kier alpha value is -0.310. The molecule has 0 saturated carbocycles. The molecule has 0 radical (unpaired) electrons. The molecule has 1 atom stereocenters. The molecule has 0 heterocycles. The van der Waals surface area contributed by atoms with Gasteiger partial charge in [-0.15, -0.1) is 6.58 Å². The van der Waals surface area contributed by atoms with E-state index in [1.54, 1.807) is 0 Å². The van der Waals surface area contributed by atoms with E-state index < -0.39 is 10.6 Å². The van der Waals surface area contributed by atoms with Crippen molar-refractivity contribution in [1.82, 2.24) is 0 Å². The molecule has 3 heteroatoms. The van der Waals surface area contributed by atoms with Crippen LogP contribution in [0.4, 0.5) is 0 Å². The van der Waals surface area contributed by atoms with Crippen molar-refractivity contribution in [3.63, 3.8) is 0 Å². The maximum atomic E-state index is 10.4. The van der Waals surface area contributed by atoms with E-state index in [0.717, 1.165) is 12.8 Å². The number of rotatable bonds is 5. The van der Waals surface area contributed by atoms with Crippen molar-refractivity contribution in [2.45, 2.75) is 19.8 Å². The normalized spacial score (nSPS) is 13.4. The average Bonchev–Trinajstić information content (AvgIpc) is 1.86. The molecule has 0 amide bonds. The third kappa shape index (κ3) is 4.56. The molecule has 0 aliphatic rings. The van der Waals surface area contributed by atoms with Crippen molar-refractivity contribution in [3.8, 4) is 0 Å². The predicted octanol–water partition coefficient (Wildman–Crippen LogP) is 2.31. The molecule has 0 rings (SSSR count). The minimum Gasteiger partial charge on any atom is -0.445 e. The summed E-state index contributed by atoms with van der Waals surface area (Å²) in [5.74, 6) is 0.874. The molecule has 1 N–H and O–H groups in total. The van der Waals surface area contributed by atoms with Gasteiger partial charge in [0.15, 0.2) is 0 Å². The van der Waals surface area contributed by atoms with Gasteiger partial charge in [0, 0.05) is 0 Å². The molecule has 60 valence electrons. The van der Waals surface area contributed by atoms with Crippen LogP contribution in [-0.2, 0) is 14.8 Å². The molecule has 2 nitrogen and oxygen atoms in total. The van der Waals surface area contributed by atoms with E-state index in [-0.39, 0.29) is 0 Å². The summed E-state index contributed by atoms with van der Waals surface area (Å²) in [6, 6.07) is 0. The molecular weight excluding hydrogens is 146 g/mol. The zero-order chi connectivity index (χ0) is 7.98. The van der Waals surface area contributed by atoms with E-state index in [1.165, 1.54) is 0 Å². The average molecular weight is 160 g/mol. The molecule has 0 saturated heterocycles. The van der Waals surface area contributed by atoms with Gasteiger partial charge in [0.25, 0.3) is 0 Å². The number of allylic oxidation sites excluding steroid dienone is 1. The summed E-state index contributed by atoms with van der Waals surface area (Å²) in [6.45, 7) is 5.64. The minimum absolute atomic E-state index is 0.385. The number of hydrogen-bond donors (Lipinski definition) is 1. The van der Waals surface area contributed by atoms with Crippen molar-refractivity contribution in [2.24, 2.45) is 5.92 Å². The first-order valence-electron chi connectivity index (χ1n) is 3.41. The van der Waals surface area contributed by atoms with Crippen LogP contribution in [0.1, 0.15) is 19.8 Å². The summed E-state index contributed by atoms with van der Waals surface area (Å²) >= 11 is 0. The second kappa shape index (κ2) is 5.47. The van der Waals surface area contributed by atoms with Crippen molar-refractivity contribution in [1.29, 1.82) is 4.78 Å². The van der Waals surface area contributed by atoms with E-state index in [1.807, 2.05) is 13.0 Å². The Bertz CT molecular complexity index is 155. The molecule has 0 fully saturated rings. The Kier molecular flexibility index (Phi) is 5.30. The zero-order valence-electron chi connectivity index (χ0n) is 6.30. The molecule has 0 unspecified atom stereocenters. The lowest BCUT2D eigenvalue weighted by atomic mass is 10.1. The number of hydrogen-bond acceptors (Lipinski definition) is 3. The van der Waals surface area contributed by atoms with Gasteiger partial charge in [0.1, 0.15) is 0 Å². The molecule has 0 bridgehead atoms. The lowest BCUT2D eigenvalue weighted by Crippen LogP contribution is -2.03. The van der Waals surface area contributed by atoms with Crippen molar-refractivity contribution >= 4 is 10.6 Å². The highest BCUT2D eigenvalue weighted by Crippen LogP contribution is 2.08. The van der Waals surface area contributed by atoms with E-state index in [9.17, 15) is 4.21 Å². The van der Waals surface area contributed by atoms with Gasteiger partial charge in [-0.3, -0.25) is 0 Å². The van der Waals surface area contributed by atoms with E-state index in [2.05, 4.69) is 6.58 Å². The monoisotopic (exact) mass is 160 g/mol. The van der Waals surface area contributed by atoms with Gasteiger partial charge in [-0.2, -0.15) is 10.6 Å². The van der Waals surface area contributed by atoms with Crippen LogP contribution < -0.4 is 0 Å². The molecule has 0 aromatic heterocycles. The van der Waals surface area contributed by atoms with E-state index in [4.69, 9.17) is 4.78 Å². The largest absolute Gasteiger partial charge is 0.445 e. The zero-order valence-corrected chi connectivity index (χ0v) is 7.12. The molecule has 10 heavy (non-hydrogen) atoms. The molecule has 0 aliphatic heterocycles. The standard InChI is InChI=1S/C7H14NOS/c1-3-5-7(4-2)6-10(8)9/h3,7-8H,1,4-6H2,2H3/q-1/t7-/m0/s1. The highest BCUT2D eigenvalue weighted by Gasteiger charge is 1.97. The van der Waals surface area contributed by atoms with Crippen LogP contribution in [0.15, 0.2) is 12.7 Å². The third-order valence-electron chi connectivity index (χ3n) is 1.46. The SMILES string of the molecule is C=CC[C@H](CC)C[S-](=N)=O. The van der Waals surface area contributed by atoms with Gasteiger partial charge in [0.2, 0.25) is 0 Å². The Morgan fingerprint density at radius 1 is 1.80 bits per heavy atom. The summed E-state index contributed by atoms with van der Waals surface area (Å²) in [4.78, 5) is 0. The van der Waals surface area contributed by atoms with E-state index in [0.29, 0.717) is 11.7 Å². The van der Waals surface area contributed by atoms with Gasteiger partial charge < -0.3 is 8.99 Å². The summed E-state index contributed by atoms with van der Waals surface area (Å²) in [7, 11) is -1.39. The second-order valence-corrected chi connectivity index (χ2v) is 3.34. The third-order valence-corrected chi connectivity index (χ3v) is 2.24. The first-order valence-corrected chi connectivity index (χ1v) is 4.73. The summed E-state index contributed by atoms with van der Waals surface area (Å²) in [5.41, 5.74) is 0. The summed E-state index contributed by atoms with van der Waals surface area (Å²) in [6.07, 6.45) is 3.68. The topological polar surface area (TPSA) is 40.9 Å². The van der Waals surface area contributed by atoms with Gasteiger partial charge in [-0.1, -0.05) is 31.1 Å². The minimum atomic E-state index is -1.39. The lowest BCUT2D eigenvalue weighted by molar-refractivity contribution is 0.556. The molecular formula is C7H14NOS-. The fraction of sp³-hybridized carbons (Fsp3) is 0.714. The quantitative estimate of drug-likeness (QED) is 0.486. The Labute approximate surface area is 64.3 Å². The van der Waals surface area contributed by atoms with Crippen LogP contribution in [0.2, 0.25) is 0 Å². The summed E-state index contributed by atoms with van der Waals surface area (Å²) in [5, 5.41) is 0. The van der Waals surface area contributed by atoms with Gasteiger partial charge in [0.05, 0.1) is 0 Å². The molecule has 0 aliphatic carbocycles. The lowest BCUT2D eigenvalue weighted by Gasteiger charge is -2.12. The fourth-order valence-electron chi connectivity index (χ4n) is 0.802. The second-order valence-electron chi connectivity index (χ2n) is 2.31. The first-order chi connectivity index (χ1) is 4.70. The van der Waals surface area contributed by atoms with Crippen LogP contribution in [0.25, 0.3) is 0 Å². The van der Waals surface area contributed by atoms with Crippen LogP contribution >= 0.6 is 0 Å². The van der Waals surface area contributed by atoms with E-state index >= 15 is 0 Å². The van der Waals surface area contributed by atoms with Crippen LogP contribution in [0.3, 0.4) is 0 Å². The van der Waals surface area contributed by atoms with Crippen LogP contribution in [0.5, 0.6) is 0 Å². The predicted molar refractivity (Wildman–Crippen MR) is 44.2 cm³/mol. The maximum Gasteiger partial charge on any atom is -0.0341 e. The molecule has 0 spiro atoms. The van der Waals surface area contributed by atoms with Gasteiger partial charge in [-0.25, -0.2) is 0 Å². The maximum absolute atomic E-state index is 10.4. The summed E-state index contributed by atoms with van der Waals surface area (Å²) < 4.78 is 17.3. The highest BCUT2D eigenvalue weighted by molar-refractivity contribution is 7.73. The van der Waals surface area contributed by atoms with Crippen molar-refractivity contribution in [2.75, 3.05) is 5.75 Å². The highest BCUT2D eigenvalue weighted by atomic mass is 32.2. The number of nitrogens with one attached hydrogen (secondary N) is 1. The van der Waals surface area contributed by atoms with Gasteiger partial charge >= 0.3 is 0 Å². The van der Waals surface area contributed by atoms with Crippen LogP contribution in [-0.4, -0.2) is 5.75 Å². The van der Waals surface area contributed by atoms with Crippen molar-refractivity contribution in [3.05, 3.63) is 12.7 Å².